The summed E-state index contributed by atoms with van der Waals surface area (Å²) < 4.78 is 5.25. The van der Waals surface area contributed by atoms with Crippen LogP contribution in [0.5, 0.6) is 5.75 Å². The molecule has 2 N–H and O–H groups in total. The predicted molar refractivity (Wildman–Crippen MR) is 75.6 cm³/mol. The van der Waals surface area contributed by atoms with Crippen molar-refractivity contribution in [3.63, 3.8) is 0 Å². The second-order valence-corrected chi connectivity index (χ2v) is 5.20. The number of ether oxygens (including phenoxy) is 1. The van der Waals surface area contributed by atoms with Crippen LogP contribution in [0, 0.1) is 12.8 Å². The number of aryl methyl sites for hydroxylation is 1. The summed E-state index contributed by atoms with van der Waals surface area (Å²) in [5.74, 6) is 1.25. The van der Waals surface area contributed by atoms with Gasteiger partial charge in [-0.05, 0) is 57.0 Å². The first-order valence-corrected chi connectivity index (χ1v) is 6.78. The van der Waals surface area contributed by atoms with Crippen LogP contribution in [0.15, 0.2) is 18.2 Å². The third-order valence-electron chi connectivity index (χ3n) is 3.83. The monoisotopic (exact) mass is 262 g/mol. The van der Waals surface area contributed by atoms with Crippen LogP contribution in [0.2, 0.25) is 0 Å². The summed E-state index contributed by atoms with van der Waals surface area (Å²) in [6, 6.07) is 5.74. The highest BCUT2D eigenvalue weighted by Gasteiger charge is 2.23. The molecule has 0 aliphatic carbocycles. The molecule has 19 heavy (non-hydrogen) atoms. The maximum absolute atomic E-state index is 12.2. The van der Waals surface area contributed by atoms with Crippen LogP contribution >= 0.6 is 0 Å². The molecule has 1 fully saturated rings. The van der Waals surface area contributed by atoms with Crippen LogP contribution in [0.3, 0.4) is 0 Å². The van der Waals surface area contributed by atoms with E-state index in [9.17, 15) is 4.79 Å². The van der Waals surface area contributed by atoms with Crippen molar-refractivity contribution in [1.82, 2.24) is 10.6 Å². The zero-order valence-electron chi connectivity index (χ0n) is 11.8. The summed E-state index contributed by atoms with van der Waals surface area (Å²) >= 11 is 0. The van der Waals surface area contributed by atoms with Crippen LogP contribution in [0.4, 0.5) is 0 Å². The topological polar surface area (TPSA) is 50.4 Å². The molecule has 1 amide bonds. The molecule has 104 valence electrons. The van der Waals surface area contributed by atoms with Crippen molar-refractivity contribution in [1.29, 1.82) is 0 Å². The highest BCUT2D eigenvalue weighted by molar-refractivity contribution is 5.94. The molecule has 2 rings (SSSR count). The zero-order chi connectivity index (χ0) is 13.8. The zero-order valence-corrected chi connectivity index (χ0v) is 11.8. The van der Waals surface area contributed by atoms with Gasteiger partial charge in [-0.2, -0.15) is 0 Å². The van der Waals surface area contributed by atoms with E-state index in [0.717, 1.165) is 30.8 Å². The van der Waals surface area contributed by atoms with Gasteiger partial charge in [0, 0.05) is 11.6 Å². The van der Waals surface area contributed by atoms with Crippen LogP contribution in [-0.2, 0) is 0 Å². The summed E-state index contributed by atoms with van der Waals surface area (Å²) in [5, 5.41) is 6.40. The molecule has 1 heterocycles. The first-order chi connectivity index (χ1) is 9.11. The number of rotatable bonds is 4. The Hall–Kier alpha value is -1.55. The van der Waals surface area contributed by atoms with E-state index in [1.165, 1.54) is 0 Å². The second kappa shape index (κ2) is 6.06. The lowest BCUT2D eigenvalue weighted by Crippen LogP contribution is -2.38. The average molecular weight is 262 g/mol. The fourth-order valence-electron chi connectivity index (χ4n) is 2.47. The maximum atomic E-state index is 12.2. The van der Waals surface area contributed by atoms with Crippen molar-refractivity contribution in [3.8, 4) is 5.75 Å². The molecule has 1 aliphatic heterocycles. The van der Waals surface area contributed by atoms with Gasteiger partial charge in [0.05, 0.1) is 7.11 Å². The molecule has 4 nitrogen and oxygen atoms in total. The number of methoxy groups -OCH3 is 1. The Morgan fingerprint density at radius 2 is 2.32 bits per heavy atom. The SMILES string of the molecule is COc1cc(C(=O)NC(C)C2CCNC2)ccc1C. The van der Waals surface area contributed by atoms with E-state index in [-0.39, 0.29) is 11.9 Å². The van der Waals surface area contributed by atoms with E-state index in [0.29, 0.717) is 11.5 Å². The fraction of sp³-hybridized carbons (Fsp3) is 0.533. The lowest BCUT2D eigenvalue weighted by atomic mass is 10.00. The molecule has 1 aromatic carbocycles. The highest BCUT2D eigenvalue weighted by atomic mass is 16.5. The number of carbonyl (C=O) groups excluding carboxylic acids is 1. The molecule has 0 radical (unpaired) electrons. The fourth-order valence-corrected chi connectivity index (χ4v) is 2.47. The second-order valence-electron chi connectivity index (χ2n) is 5.20. The van der Waals surface area contributed by atoms with Crippen molar-refractivity contribution in [2.24, 2.45) is 5.92 Å². The van der Waals surface area contributed by atoms with Gasteiger partial charge in [-0.15, -0.1) is 0 Å². The standard InChI is InChI=1S/C15H22N2O2/c1-10-4-5-12(8-14(10)19-3)15(18)17-11(2)13-6-7-16-9-13/h4-5,8,11,13,16H,6-7,9H2,1-3H3,(H,17,18). The summed E-state index contributed by atoms with van der Waals surface area (Å²) in [4.78, 5) is 12.2. The number of hydrogen-bond donors (Lipinski definition) is 2. The Morgan fingerprint density at radius 3 is 2.95 bits per heavy atom. The van der Waals surface area contributed by atoms with E-state index >= 15 is 0 Å². The molecule has 0 saturated carbocycles. The molecule has 4 heteroatoms. The Labute approximate surface area is 114 Å². The Bertz CT molecular complexity index is 453. The lowest BCUT2D eigenvalue weighted by molar-refractivity contribution is 0.0928. The van der Waals surface area contributed by atoms with Crippen molar-refractivity contribution < 1.29 is 9.53 Å². The molecular weight excluding hydrogens is 240 g/mol. The van der Waals surface area contributed by atoms with Crippen LogP contribution < -0.4 is 15.4 Å². The van der Waals surface area contributed by atoms with Gasteiger partial charge < -0.3 is 15.4 Å². The van der Waals surface area contributed by atoms with Gasteiger partial charge in [0.15, 0.2) is 0 Å². The van der Waals surface area contributed by atoms with E-state index in [2.05, 4.69) is 17.6 Å². The normalized spacial score (nSPS) is 20.1. The maximum Gasteiger partial charge on any atom is 0.251 e. The minimum atomic E-state index is -0.0299. The first-order valence-electron chi connectivity index (χ1n) is 6.78. The van der Waals surface area contributed by atoms with E-state index in [1.807, 2.05) is 19.1 Å². The van der Waals surface area contributed by atoms with Gasteiger partial charge in [-0.1, -0.05) is 6.07 Å². The molecule has 1 aromatic rings. The Balaban J connectivity index is 2.02. The van der Waals surface area contributed by atoms with E-state index in [1.54, 1.807) is 13.2 Å². The van der Waals surface area contributed by atoms with Gasteiger partial charge >= 0.3 is 0 Å². The number of amides is 1. The summed E-state index contributed by atoms with van der Waals surface area (Å²) in [6.07, 6.45) is 1.12. The molecule has 2 atom stereocenters. The van der Waals surface area contributed by atoms with Crippen molar-refractivity contribution >= 4 is 5.91 Å². The number of carbonyl (C=O) groups is 1. The lowest BCUT2D eigenvalue weighted by Gasteiger charge is -2.20. The summed E-state index contributed by atoms with van der Waals surface area (Å²) in [5.41, 5.74) is 1.69. The molecule has 0 aromatic heterocycles. The van der Waals surface area contributed by atoms with E-state index in [4.69, 9.17) is 4.74 Å². The van der Waals surface area contributed by atoms with Crippen LogP contribution in [0.1, 0.15) is 29.3 Å². The molecule has 0 spiro atoms. The first kappa shape index (κ1) is 13.9. The molecule has 0 bridgehead atoms. The van der Waals surface area contributed by atoms with E-state index < -0.39 is 0 Å². The summed E-state index contributed by atoms with van der Waals surface area (Å²) in [7, 11) is 1.62. The van der Waals surface area contributed by atoms with Gasteiger partial charge in [0.2, 0.25) is 0 Å². The number of hydrogen-bond acceptors (Lipinski definition) is 3. The third kappa shape index (κ3) is 3.26. The number of nitrogens with one attached hydrogen (secondary N) is 2. The van der Waals surface area contributed by atoms with Gasteiger partial charge in [-0.3, -0.25) is 4.79 Å². The molecule has 2 unspecified atom stereocenters. The van der Waals surface area contributed by atoms with Crippen molar-refractivity contribution in [2.75, 3.05) is 20.2 Å². The Morgan fingerprint density at radius 1 is 1.53 bits per heavy atom. The minimum absolute atomic E-state index is 0.0299. The number of benzene rings is 1. The minimum Gasteiger partial charge on any atom is -0.496 e. The smallest absolute Gasteiger partial charge is 0.251 e. The van der Waals surface area contributed by atoms with Gasteiger partial charge in [-0.25, -0.2) is 0 Å². The Kier molecular flexibility index (Phi) is 4.43. The van der Waals surface area contributed by atoms with Crippen LogP contribution in [-0.4, -0.2) is 32.1 Å². The van der Waals surface area contributed by atoms with Gasteiger partial charge in [0.25, 0.3) is 5.91 Å². The van der Waals surface area contributed by atoms with Crippen molar-refractivity contribution in [2.45, 2.75) is 26.3 Å². The average Bonchev–Trinajstić information content (AvgIpc) is 2.93. The predicted octanol–water partition coefficient (Wildman–Crippen LogP) is 1.73. The van der Waals surface area contributed by atoms with Crippen LogP contribution in [0.25, 0.3) is 0 Å². The summed E-state index contributed by atoms with van der Waals surface area (Å²) in [6.45, 7) is 6.07. The van der Waals surface area contributed by atoms with Crippen molar-refractivity contribution in [3.05, 3.63) is 29.3 Å². The van der Waals surface area contributed by atoms with Gasteiger partial charge in [0.1, 0.15) is 5.75 Å². The quantitative estimate of drug-likeness (QED) is 0.869. The highest BCUT2D eigenvalue weighted by Crippen LogP contribution is 2.19. The molecular formula is C15H22N2O2. The molecule has 1 aliphatic rings. The largest absolute Gasteiger partial charge is 0.496 e. The third-order valence-corrected chi connectivity index (χ3v) is 3.83. The molecule has 1 saturated heterocycles.